The average Bonchev–Trinajstić information content (AvgIpc) is 3.08. The predicted molar refractivity (Wildman–Crippen MR) is 110 cm³/mol. The first-order valence-electron chi connectivity index (χ1n) is 8.98. The van der Waals surface area contributed by atoms with Crippen LogP contribution in [0.3, 0.4) is 0 Å². The minimum absolute atomic E-state index is 0.0315. The number of hydrogen-bond acceptors (Lipinski definition) is 2. The van der Waals surface area contributed by atoms with Crippen molar-refractivity contribution in [3.8, 4) is 6.07 Å². The number of allylic oxidation sites excluding steroid dienone is 5. The summed E-state index contributed by atoms with van der Waals surface area (Å²) in [5.41, 5.74) is 4.14. The molecule has 2 rings (SSSR count). The van der Waals surface area contributed by atoms with Crippen molar-refractivity contribution in [2.24, 2.45) is 0 Å². The summed E-state index contributed by atoms with van der Waals surface area (Å²) in [6.07, 6.45) is 8.10. The zero-order valence-electron chi connectivity index (χ0n) is 16.4. The third-order valence-electron chi connectivity index (χ3n) is 3.53. The van der Waals surface area contributed by atoms with E-state index in [1.807, 2.05) is 78.0 Å². The molecule has 1 N–H and O–H groups in total. The fourth-order valence-corrected chi connectivity index (χ4v) is 2.56. The van der Waals surface area contributed by atoms with Crippen LogP contribution >= 0.6 is 0 Å². The summed E-state index contributed by atoms with van der Waals surface area (Å²) < 4.78 is 0. The number of hydrogen-bond donors (Lipinski definition) is 1. The van der Waals surface area contributed by atoms with Crippen LogP contribution in [0.15, 0.2) is 54.7 Å². The molecule has 0 spiro atoms. The third-order valence-corrected chi connectivity index (χ3v) is 3.53. The predicted octanol–water partition coefficient (Wildman–Crippen LogP) is 6.61. The maximum absolute atomic E-state index is 9.19. The van der Waals surface area contributed by atoms with E-state index in [0.29, 0.717) is 6.42 Å². The highest BCUT2D eigenvalue weighted by molar-refractivity contribution is 5.85. The highest BCUT2D eigenvalue weighted by atomic mass is 15.1. The molecule has 0 saturated heterocycles. The highest BCUT2D eigenvalue weighted by Gasteiger charge is 2.20. The summed E-state index contributed by atoms with van der Waals surface area (Å²) in [5, 5.41) is 17.8. The van der Waals surface area contributed by atoms with Gasteiger partial charge < -0.3 is 0 Å². The van der Waals surface area contributed by atoms with Gasteiger partial charge in [0.2, 0.25) is 0 Å². The fourth-order valence-electron chi connectivity index (χ4n) is 2.56. The van der Waals surface area contributed by atoms with Gasteiger partial charge in [-0.05, 0) is 25.0 Å². The molecule has 0 saturated carbocycles. The lowest BCUT2D eigenvalue weighted by Crippen LogP contribution is -2.02. The van der Waals surface area contributed by atoms with Gasteiger partial charge in [0, 0.05) is 17.7 Å². The summed E-state index contributed by atoms with van der Waals surface area (Å²) in [6.45, 7) is 15.8. The van der Waals surface area contributed by atoms with E-state index in [-0.39, 0.29) is 5.92 Å². The Bertz CT molecular complexity index is 742. The molecule has 1 heterocycles. The monoisotopic (exact) mass is 337 g/mol. The van der Waals surface area contributed by atoms with E-state index < -0.39 is 0 Å². The number of aryl methyl sites for hydroxylation is 1. The van der Waals surface area contributed by atoms with Gasteiger partial charge in [-0.3, -0.25) is 5.10 Å². The minimum atomic E-state index is -0.0315. The van der Waals surface area contributed by atoms with Crippen molar-refractivity contribution in [3.63, 3.8) is 0 Å². The molecule has 0 aliphatic rings. The minimum Gasteiger partial charge on any atom is -0.281 e. The Morgan fingerprint density at radius 1 is 1.32 bits per heavy atom. The highest BCUT2D eigenvalue weighted by Crippen LogP contribution is 2.33. The normalized spacial score (nSPS) is 11.8. The second kappa shape index (κ2) is 12.8. The number of benzene rings is 1. The Kier molecular flexibility index (Phi) is 11.4. The first kappa shape index (κ1) is 22.4. The number of rotatable bonds is 5. The summed E-state index contributed by atoms with van der Waals surface area (Å²) in [5.74, 6) is -0.0315. The molecule has 1 aromatic heterocycles. The Hall–Kier alpha value is -2.60. The molecular weight excluding hydrogens is 306 g/mol. The SMILES string of the molecule is C=C/C=C(\C=C/C)C(CC#N)c1[nH]nc2c(C)cccc12.CC.CC. The maximum Gasteiger partial charge on any atom is 0.0953 e. The van der Waals surface area contributed by atoms with E-state index >= 15 is 0 Å². The Morgan fingerprint density at radius 3 is 2.56 bits per heavy atom. The lowest BCUT2D eigenvalue weighted by Gasteiger charge is -2.14. The molecule has 0 bridgehead atoms. The zero-order chi connectivity index (χ0) is 19.2. The molecule has 1 unspecified atom stereocenters. The zero-order valence-corrected chi connectivity index (χ0v) is 16.4. The molecule has 0 radical (unpaired) electrons. The van der Waals surface area contributed by atoms with Crippen molar-refractivity contribution in [2.45, 2.75) is 53.9 Å². The number of aromatic amines is 1. The summed E-state index contributed by atoms with van der Waals surface area (Å²) in [4.78, 5) is 0. The molecule has 1 aromatic carbocycles. The van der Waals surface area contributed by atoms with Crippen LogP contribution in [0.25, 0.3) is 10.9 Å². The van der Waals surface area contributed by atoms with Crippen molar-refractivity contribution >= 4 is 10.9 Å². The van der Waals surface area contributed by atoms with Crippen molar-refractivity contribution in [2.75, 3.05) is 0 Å². The lowest BCUT2D eigenvalue weighted by atomic mass is 9.90. The molecule has 0 aliphatic carbocycles. The van der Waals surface area contributed by atoms with E-state index in [1.54, 1.807) is 6.08 Å². The molecule has 25 heavy (non-hydrogen) atoms. The first-order chi connectivity index (χ1) is 12.2. The molecule has 1 atom stereocenters. The average molecular weight is 338 g/mol. The van der Waals surface area contributed by atoms with E-state index in [2.05, 4.69) is 22.8 Å². The summed E-state index contributed by atoms with van der Waals surface area (Å²) in [6, 6.07) is 8.39. The van der Waals surface area contributed by atoms with E-state index in [1.165, 1.54) is 0 Å². The summed E-state index contributed by atoms with van der Waals surface area (Å²) >= 11 is 0. The van der Waals surface area contributed by atoms with Crippen LogP contribution < -0.4 is 0 Å². The molecule has 3 nitrogen and oxygen atoms in total. The van der Waals surface area contributed by atoms with Gasteiger partial charge in [0.05, 0.1) is 17.3 Å². The standard InChI is InChI=1S/C18H19N3.2C2H6/c1-4-7-14(8-5-2)15(11-12-19)18-16-10-6-9-13(3)17(16)20-21-18;2*1-2/h4-10,15H,1,11H2,2-3H3,(H,20,21);2*1-2H3/b8-5-,14-7+;;. The quantitative estimate of drug-likeness (QED) is 0.624. The van der Waals surface area contributed by atoms with Crippen LogP contribution in [0.5, 0.6) is 0 Å². The van der Waals surface area contributed by atoms with Gasteiger partial charge in [-0.1, -0.05) is 76.8 Å². The van der Waals surface area contributed by atoms with Crippen LogP contribution in [-0.4, -0.2) is 10.2 Å². The van der Waals surface area contributed by atoms with Crippen LogP contribution in [0, 0.1) is 18.3 Å². The van der Waals surface area contributed by atoms with Crippen LogP contribution in [0.2, 0.25) is 0 Å². The van der Waals surface area contributed by atoms with Gasteiger partial charge >= 0.3 is 0 Å². The van der Waals surface area contributed by atoms with Crippen LogP contribution in [0.4, 0.5) is 0 Å². The van der Waals surface area contributed by atoms with Gasteiger partial charge in [-0.15, -0.1) is 0 Å². The molecule has 3 heteroatoms. The Balaban J connectivity index is 0.00000134. The van der Waals surface area contributed by atoms with Gasteiger partial charge in [0.15, 0.2) is 0 Å². The number of nitriles is 1. The van der Waals surface area contributed by atoms with E-state index in [4.69, 9.17) is 0 Å². The van der Waals surface area contributed by atoms with E-state index in [0.717, 1.165) is 27.7 Å². The second-order valence-electron chi connectivity index (χ2n) is 4.93. The topological polar surface area (TPSA) is 52.5 Å². The number of nitrogens with one attached hydrogen (secondary N) is 1. The fraction of sp³-hybridized carbons (Fsp3) is 0.364. The molecule has 0 amide bonds. The molecule has 0 fully saturated rings. The lowest BCUT2D eigenvalue weighted by molar-refractivity contribution is 0.797. The van der Waals surface area contributed by atoms with Gasteiger partial charge in [0.25, 0.3) is 0 Å². The van der Waals surface area contributed by atoms with Gasteiger partial charge in [0.1, 0.15) is 0 Å². The number of nitrogens with zero attached hydrogens (tertiary/aromatic N) is 2. The van der Waals surface area contributed by atoms with Crippen LogP contribution in [0.1, 0.15) is 58.2 Å². The van der Waals surface area contributed by atoms with Crippen LogP contribution in [-0.2, 0) is 0 Å². The number of aromatic nitrogens is 2. The number of para-hydroxylation sites is 1. The summed E-state index contributed by atoms with van der Waals surface area (Å²) in [7, 11) is 0. The largest absolute Gasteiger partial charge is 0.281 e. The molecule has 2 aromatic rings. The number of fused-ring (bicyclic) bond motifs is 1. The van der Waals surface area contributed by atoms with Crippen molar-refractivity contribution in [1.82, 2.24) is 10.2 Å². The Labute approximate surface area is 152 Å². The molecular formula is C22H31N3. The first-order valence-corrected chi connectivity index (χ1v) is 8.98. The molecule has 134 valence electrons. The van der Waals surface area contributed by atoms with Gasteiger partial charge in [-0.25, -0.2) is 0 Å². The van der Waals surface area contributed by atoms with Crippen molar-refractivity contribution in [3.05, 3.63) is 65.9 Å². The third kappa shape index (κ3) is 5.76. The van der Waals surface area contributed by atoms with Crippen molar-refractivity contribution < 1.29 is 0 Å². The smallest absolute Gasteiger partial charge is 0.0953 e. The number of H-pyrrole nitrogens is 1. The van der Waals surface area contributed by atoms with Crippen molar-refractivity contribution in [1.29, 1.82) is 5.26 Å². The second-order valence-corrected chi connectivity index (χ2v) is 4.93. The van der Waals surface area contributed by atoms with Gasteiger partial charge in [-0.2, -0.15) is 10.4 Å². The maximum atomic E-state index is 9.19. The molecule has 0 aliphatic heterocycles. The van der Waals surface area contributed by atoms with E-state index in [9.17, 15) is 5.26 Å². The Morgan fingerprint density at radius 2 is 2.00 bits per heavy atom.